The summed E-state index contributed by atoms with van der Waals surface area (Å²) in [4.78, 5) is 2.23. The third-order valence-corrected chi connectivity index (χ3v) is 9.07. The number of halogens is 1. The van der Waals surface area contributed by atoms with Crippen LogP contribution < -0.4 is 9.47 Å². The molecule has 2 aliphatic rings. The van der Waals surface area contributed by atoms with E-state index in [2.05, 4.69) is 24.0 Å². The second-order valence-electron chi connectivity index (χ2n) is 11.1. The molecule has 4 atom stereocenters. The van der Waals surface area contributed by atoms with Crippen LogP contribution in [-0.4, -0.2) is 52.1 Å². The molecule has 1 aliphatic carbocycles. The Morgan fingerprint density at radius 3 is 2.37 bits per heavy atom. The number of methoxy groups -OCH3 is 1. The Labute approximate surface area is 243 Å². The van der Waals surface area contributed by atoms with Crippen LogP contribution in [0, 0.1) is 11.7 Å². The van der Waals surface area contributed by atoms with Crippen molar-refractivity contribution in [3.05, 3.63) is 94.8 Å². The van der Waals surface area contributed by atoms with Gasteiger partial charge in [0.1, 0.15) is 23.5 Å². The SMILES string of the molecule is CCN1C(Cc2ccccc2)C2CCc3c(OC)ccc(OCCCCc4ccc(F)cc4)c3C2C1OS(C)(=O)=O. The second-order valence-corrected chi connectivity index (χ2v) is 12.7. The number of unbranched alkanes of at least 4 members (excludes halogenated alkanes) is 1. The minimum Gasteiger partial charge on any atom is -0.496 e. The van der Waals surface area contributed by atoms with Crippen molar-refractivity contribution in [2.24, 2.45) is 5.92 Å². The molecule has 4 unspecified atom stereocenters. The van der Waals surface area contributed by atoms with E-state index < -0.39 is 16.3 Å². The van der Waals surface area contributed by atoms with E-state index in [-0.39, 0.29) is 23.7 Å². The van der Waals surface area contributed by atoms with Gasteiger partial charge in [0.2, 0.25) is 0 Å². The highest BCUT2D eigenvalue weighted by atomic mass is 32.2. The van der Waals surface area contributed by atoms with Crippen molar-refractivity contribution in [1.82, 2.24) is 4.90 Å². The number of nitrogens with zero attached hydrogens (tertiary/aromatic N) is 1. The fraction of sp³-hybridized carbons (Fsp3) is 0.455. The van der Waals surface area contributed by atoms with Gasteiger partial charge >= 0.3 is 0 Å². The first-order valence-corrected chi connectivity index (χ1v) is 16.4. The van der Waals surface area contributed by atoms with Crippen LogP contribution >= 0.6 is 0 Å². The van der Waals surface area contributed by atoms with Crippen molar-refractivity contribution < 1.29 is 26.5 Å². The standard InChI is InChI=1S/C33H40FNO5S/c1-4-35-28(22-24-11-6-5-7-12-24)26-17-18-27-29(38-2)19-20-30(31(27)32(26)33(35)40-41(3,36)37)39-21-9-8-10-23-13-15-25(34)16-14-23/h5-7,11-16,19-20,26,28,32-33H,4,8-10,17-18,21-22H2,1-3H3. The fourth-order valence-corrected chi connectivity index (χ4v) is 7.38. The molecule has 1 saturated heterocycles. The van der Waals surface area contributed by atoms with Crippen molar-refractivity contribution in [1.29, 1.82) is 0 Å². The number of hydrogen-bond acceptors (Lipinski definition) is 6. The van der Waals surface area contributed by atoms with Crippen LogP contribution in [0.25, 0.3) is 0 Å². The number of likely N-dealkylation sites (N-methyl/N-ethyl adjacent to an activating group) is 1. The van der Waals surface area contributed by atoms with Crippen LogP contribution in [-0.2, 0) is 33.6 Å². The third kappa shape index (κ3) is 6.76. The molecule has 1 heterocycles. The van der Waals surface area contributed by atoms with E-state index in [0.29, 0.717) is 13.2 Å². The maximum Gasteiger partial charge on any atom is 0.265 e. The zero-order valence-corrected chi connectivity index (χ0v) is 24.9. The van der Waals surface area contributed by atoms with Gasteiger partial charge in [0.05, 0.1) is 20.0 Å². The van der Waals surface area contributed by atoms with Gasteiger partial charge in [0.25, 0.3) is 10.1 Å². The Morgan fingerprint density at radius 2 is 1.68 bits per heavy atom. The van der Waals surface area contributed by atoms with Crippen LogP contribution in [0.4, 0.5) is 4.39 Å². The largest absolute Gasteiger partial charge is 0.496 e. The highest BCUT2D eigenvalue weighted by Crippen LogP contribution is 2.54. The lowest BCUT2D eigenvalue weighted by molar-refractivity contribution is 0.0386. The molecule has 6 nitrogen and oxygen atoms in total. The summed E-state index contributed by atoms with van der Waals surface area (Å²) in [5.74, 6) is 1.37. The molecule has 0 spiro atoms. The highest BCUT2D eigenvalue weighted by molar-refractivity contribution is 7.86. The van der Waals surface area contributed by atoms with E-state index in [4.69, 9.17) is 13.7 Å². The normalized spacial score (nSPS) is 22.2. The number of benzene rings is 3. The fourth-order valence-electron chi connectivity index (χ4n) is 6.79. The number of rotatable bonds is 12. The molecule has 8 heteroatoms. The summed E-state index contributed by atoms with van der Waals surface area (Å²) in [6.45, 7) is 3.27. The summed E-state index contributed by atoms with van der Waals surface area (Å²) >= 11 is 0. The van der Waals surface area contributed by atoms with Gasteiger partial charge in [-0.2, -0.15) is 8.42 Å². The first-order valence-electron chi connectivity index (χ1n) is 14.5. The Hall–Kier alpha value is -2.94. The molecule has 0 aromatic heterocycles. The Bertz CT molecular complexity index is 1410. The van der Waals surface area contributed by atoms with Gasteiger partial charge in [-0.3, -0.25) is 9.08 Å². The van der Waals surface area contributed by atoms with Crippen LogP contribution in [0.2, 0.25) is 0 Å². The predicted molar refractivity (Wildman–Crippen MR) is 158 cm³/mol. The van der Waals surface area contributed by atoms with E-state index >= 15 is 0 Å². The molecule has 5 rings (SSSR count). The predicted octanol–water partition coefficient (Wildman–Crippen LogP) is 6.13. The summed E-state index contributed by atoms with van der Waals surface area (Å²) in [7, 11) is -2.05. The summed E-state index contributed by atoms with van der Waals surface area (Å²) < 4.78 is 56.5. The number of ether oxygens (including phenoxy) is 2. The first-order chi connectivity index (χ1) is 19.8. The number of hydrogen-bond donors (Lipinski definition) is 0. The highest BCUT2D eigenvalue weighted by Gasteiger charge is 2.53. The van der Waals surface area contributed by atoms with Gasteiger partial charge in [-0.15, -0.1) is 0 Å². The van der Waals surface area contributed by atoms with Gasteiger partial charge in [0, 0.05) is 23.1 Å². The Morgan fingerprint density at radius 1 is 0.951 bits per heavy atom. The van der Waals surface area contributed by atoms with Crippen LogP contribution in [0.3, 0.4) is 0 Å². The lowest BCUT2D eigenvalue weighted by Gasteiger charge is -2.34. The average molecular weight is 582 g/mol. The quantitative estimate of drug-likeness (QED) is 0.189. The van der Waals surface area contributed by atoms with Crippen molar-refractivity contribution in [2.75, 3.05) is 26.5 Å². The molecule has 1 fully saturated rings. The molecule has 0 saturated carbocycles. The average Bonchev–Trinajstić information content (AvgIpc) is 3.24. The zero-order chi connectivity index (χ0) is 29.0. The maximum atomic E-state index is 13.2. The summed E-state index contributed by atoms with van der Waals surface area (Å²) in [6, 6.07) is 21.0. The molecular weight excluding hydrogens is 541 g/mol. The molecule has 0 bridgehead atoms. The lowest BCUT2D eigenvalue weighted by Crippen LogP contribution is -2.41. The molecule has 3 aromatic carbocycles. The van der Waals surface area contributed by atoms with Gasteiger partial charge in [-0.05, 0) is 86.4 Å². The minimum absolute atomic E-state index is 0.127. The molecular formula is C33H40FNO5S. The smallest absolute Gasteiger partial charge is 0.265 e. The lowest BCUT2D eigenvalue weighted by atomic mass is 9.72. The van der Waals surface area contributed by atoms with Gasteiger partial charge in [-0.1, -0.05) is 49.4 Å². The van der Waals surface area contributed by atoms with Crippen molar-refractivity contribution >= 4 is 10.1 Å². The van der Waals surface area contributed by atoms with Gasteiger partial charge in [-0.25, -0.2) is 4.39 Å². The zero-order valence-electron chi connectivity index (χ0n) is 24.1. The molecule has 220 valence electrons. The van der Waals surface area contributed by atoms with Crippen molar-refractivity contribution in [2.45, 2.75) is 63.6 Å². The van der Waals surface area contributed by atoms with E-state index in [1.54, 1.807) is 7.11 Å². The van der Waals surface area contributed by atoms with Crippen molar-refractivity contribution in [3.8, 4) is 11.5 Å². The summed E-state index contributed by atoms with van der Waals surface area (Å²) in [6.07, 6.45) is 5.67. The molecule has 1 aliphatic heterocycles. The maximum absolute atomic E-state index is 13.2. The summed E-state index contributed by atoms with van der Waals surface area (Å²) in [5.41, 5.74) is 4.42. The monoisotopic (exact) mass is 581 g/mol. The van der Waals surface area contributed by atoms with E-state index in [1.165, 1.54) is 17.7 Å². The molecule has 3 aromatic rings. The van der Waals surface area contributed by atoms with E-state index in [1.807, 2.05) is 42.5 Å². The summed E-state index contributed by atoms with van der Waals surface area (Å²) in [5, 5.41) is 0. The van der Waals surface area contributed by atoms with E-state index in [9.17, 15) is 12.8 Å². The Balaban J connectivity index is 1.43. The van der Waals surface area contributed by atoms with Crippen LogP contribution in [0.15, 0.2) is 66.7 Å². The van der Waals surface area contributed by atoms with Crippen LogP contribution in [0.5, 0.6) is 11.5 Å². The number of fused-ring (bicyclic) bond motifs is 3. The topological polar surface area (TPSA) is 65.1 Å². The van der Waals surface area contributed by atoms with Crippen molar-refractivity contribution in [3.63, 3.8) is 0 Å². The Kier molecular flexibility index (Phi) is 9.32. The third-order valence-electron chi connectivity index (χ3n) is 8.53. The van der Waals surface area contributed by atoms with Crippen LogP contribution in [0.1, 0.15) is 54.4 Å². The number of aryl methyl sites for hydroxylation is 1. The minimum atomic E-state index is -3.72. The number of likely N-dealkylation sites (tertiary alicyclic amines) is 1. The van der Waals surface area contributed by atoms with Gasteiger partial charge < -0.3 is 9.47 Å². The molecule has 41 heavy (non-hydrogen) atoms. The first kappa shape index (κ1) is 29.5. The van der Waals surface area contributed by atoms with E-state index in [0.717, 1.165) is 73.0 Å². The second kappa shape index (κ2) is 12.9. The molecule has 0 amide bonds. The molecule has 0 N–H and O–H groups in total. The van der Waals surface area contributed by atoms with Gasteiger partial charge in [0.15, 0.2) is 0 Å². The molecule has 0 radical (unpaired) electrons.